The Morgan fingerprint density at radius 3 is 2.67 bits per heavy atom. The zero-order valence-electron chi connectivity index (χ0n) is 11.8. The van der Waals surface area contributed by atoms with Crippen LogP contribution in [-0.2, 0) is 9.53 Å². The molecule has 0 fully saturated rings. The Balaban J connectivity index is 2.66. The number of nitrogens with zero attached hydrogens (tertiary/aromatic N) is 1. The molecule has 1 N–H and O–H groups in total. The van der Waals surface area contributed by atoms with E-state index in [1.807, 2.05) is 0 Å². The summed E-state index contributed by atoms with van der Waals surface area (Å²) in [6.07, 6.45) is 0.0592. The molecule has 1 amide bonds. The molecule has 0 bridgehead atoms. The number of benzene rings is 1. The fraction of sp³-hybridized carbons (Fsp3) is 0.385. The molecule has 1 aromatic carbocycles. The van der Waals surface area contributed by atoms with Gasteiger partial charge < -0.3 is 14.8 Å². The molecule has 8 nitrogen and oxygen atoms in total. The van der Waals surface area contributed by atoms with Gasteiger partial charge in [-0.1, -0.05) is 0 Å². The number of nitrogens with one attached hydrogen (secondary N) is 1. The highest BCUT2D eigenvalue weighted by atomic mass is 16.6. The van der Waals surface area contributed by atoms with Gasteiger partial charge in [0.05, 0.1) is 25.1 Å². The third-order valence-corrected chi connectivity index (χ3v) is 2.56. The molecule has 0 aliphatic carbocycles. The number of amides is 1. The van der Waals surface area contributed by atoms with E-state index in [0.29, 0.717) is 0 Å². The van der Waals surface area contributed by atoms with Gasteiger partial charge in [-0.25, -0.2) is 0 Å². The van der Waals surface area contributed by atoms with Gasteiger partial charge in [-0.2, -0.15) is 0 Å². The monoisotopic (exact) mass is 296 g/mol. The van der Waals surface area contributed by atoms with Crippen LogP contribution in [0.25, 0.3) is 0 Å². The number of hydrogen-bond acceptors (Lipinski definition) is 6. The van der Waals surface area contributed by atoms with Gasteiger partial charge >= 0.3 is 11.7 Å². The molecule has 0 aliphatic heterocycles. The normalized spacial score (nSPS) is 9.81. The SMILES string of the molecule is CCOC(=O)CCNC(=O)c1ccc([N+](=O)[O-])c(OC)c1. The third kappa shape index (κ3) is 4.75. The summed E-state index contributed by atoms with van der Waals surface area (Å²) in [5, 5.41) is 13.3. The first kappa shape index (κ1) is 16.4. The van der Waals surface area contributed by atoms with E-state index in [0.717, 1.165) is 0 Å². The number of ether oxygens (including phenoxy) is 2. The van der Waals surface area contributed by atoms with Crippen LogP contribution in [0.2, 0.25) is 0 Å². The summed E-state index contributed by atoms with van der Waals surface area (Å²) < 4.78 is 9.60. The molecule has 0 unspecified atom stereocenters. The van der Waals surface area contributed by atoms with Crippen molar-refractivity contribution in [3.63, 3.8) is 0 Å². The van der Waals surface area contributed by atoms with E-state index in [1.54, 1.807) is 6.92 Å². The van der Waals surface area contributed by atoms with Gasteiger partial charge in [0.1, 0.15) is 0 Å². The molecule has 0 saturated heterocycles. The molecular weight excluding hydrogens is 280 g/mol. The maximum absolute atomic E-state index is 11.8. The Morgan fingerprint density at radius 2 is 2.10 bits per heavy atom. The summed E-state index contributed by atoms with van der Waals surface area (Å²) in [5.74, 6) is -0.857. The van der Waals surface area contributed by atoms with Crippen LogP contribution in [0.4, 0.5) is 5.69 Å². The highest BCUT2D eigenvalue weighted by molar-refractivity contribution is 5.95. The maximum atomic E-state index is 11.8. The first-order valence-corrected chi connectivity index (χ1v) is 6.25. The summed E-state index contributed by atoms with van der Waals surface area (Å²) in [4.78, 5) is 33.1. The predicted octanol–water partition coefficient (Wildman–Crippen LogP) is 1.29. The lowest BCUT2D eigenvalue weighted by molar-refractivity contribution is -0.385. The molecule has 0 spiro atoms. The fourth-order valence-electron chi connectivity index (χ4n) is 1.58. The lowest BCUT2D eigenvalue weighted by Crippen LogP contribution is -2.26. The van der Waals surface area contributed by atoms with Gasteiger partial charge in [0.25, 0.3) is 5.91 Å². The van der Waals surface area contributed by atoms with Crippen LogP contribution in [-0.4, -0.2) is 37.1 Å². The smallest absolute Gasteiger partial charge is 0.310 e. The third-order valence-electron chi connectivity index (χ3n) is 2.56. The Kier molecular flexibility index (Phi) is 6.12. The topological polar surface area (TPSA) is 108 Å². The average molecular weight is 296 g/mol. The molecule has 21 heavy (non-hydrogen) atoms. The first-order valence-electron chi connectivity index (χ1n) is 6.25. The fourth-order valence-corrected chi connectivity index (χ4v) is 1.58. The maximum Gasteiger partial charge on any atom is 0.310 e. The number of nitro benzene ring substituents is 1. The van der Waals surface area contributed by atoms with Crippen molar-refractivity contribution in [1.82, 2.24) is 5.32 Å². The number of nitro groups is 1. The summed E-state index contributed by atoms with van der Waals surface area (Å²) in [7, 11) is 1.28. The van der Waals surface area contributed by atoms with E-state index in [4.69, 9.17) is 9.47 Å². The van der Waals surface area contributed by atoms with Crippen molar-refractivity contribution in [1.29, 1.82) is 0 Å². The minimum Gasteiger partial charge on any atom is -0.490 e. The van der Waals surface area contributed by atoms with E-state index in [1.165, 1.54) is 25.3 Å². The number of esters is 1. The quantitative estimate of drug-likeness (QED) is 0.461. The van der Waals surface area contributed by atoms with Crippen molar-refractivity contribution in [3.8, 4) is 5.75 Å². The second kappa shape index (κ2) is 7.83. The molecule has 0 atom stereocenters. The van der Waals surface area contributed by atoms with Crippen LogP contribution in [0.1, 0.15) is 23.7 Å². The minimum atomic E-state index is -0.596. The first-order chi connectivity index (χ1) is 9.99. The molecule has 1 aromatic rings. The molecule has 1 rings (SSSR count). The molecule has 0 saturated carbocycles. The second-order valence-electron chi connectivity index (χ2n) is 3.95. The van der Waals surface area contributed by atoms with Crippen LogP contribution in [0.5, 0.6) is 5.75 Å². The van der Waals surface area contributed by atoms with Crippen molar-refractivity contribution in [2.24, 2.45) is 0 Å². The zero-order valence-corrected chi connectivity index (χ0v) is 11.8. The van der Waals surface area contributed by atoms with Gasteiger partial charge in [0, 0.05) is 24.2 Å². The Hall–Kier alpha value is -2.64. The Labute approximate surface area is 121 Å². The minimum absolute atomic E-state index is 0.00181. The molecule has 114 valence electrons. The predicted molar refractivity (Wildman–Crippen MR) is 73.2 cm³/mol. The number of carbonyl (C=O) groups is 2. The van der Waals surface area contributed by atoms with E-state index < -0.39 is 16.8 Å². The number of hydrogen-bond donors (Lipinski definition) is 1. The van der Waals surface area contributed by atoms with Crippen molar-refractivity contribution in [2.75, 3.05) is 20.3 Å². The van der Waals surface area contributed by atoms with E-state index in [2.05, 4.69) is 5.32 Å². The Morgan fingerprint density at radius 1 is 1.38 bits per heavy atom. The second-order valence-corrected chi connectivity index (χ2v) is 3.95. The van der Waals surface area contributed by atoms with E-state index in [9.17, 15) is 19.7 Å². The molecule has 0 heterocycles. The number of methoxy groups -OCH3 is 1. The summed E-state index contributed by atoms with van der Waals surface area (Å²) >= 11 is 0. The largest absolute Gasteiger partial charge is 0.490 e. The summed E-state index contributed by atoms with van der Waals surface area (Å²) in [6, 6.07) is 3.79. The van der Waals surface area contributed by atoms with Crippen molar-refractivity contribution >= 4 is 17.6 Å². The van der Waals surface area contributed by atoms with Crippen molar-refractivity contribution in [3.05, 3.63) is 33.9 Å². The lowest BCUT2D eigenvalue weighted by atomic mass is 10.1. The standard InChI is InChI=1S/C13H16N2O6/c1-3-21-12(16)6-7-14-13(17)9-4-5-10(15(18)19)11(8-9)20-2/h4-5,8H,3,6-7H2,1-2H3,(H,14,17). The van der Waals surface area contributed by atoms with Crippen LogP contribution in [0.3, 0.4) is 0 Å². The molecule has 0 aliphatic rings. The van der Waals surface area contributed by atoms with Crippen LogP contribution in [0, 0.1) is 10.1 Å². The van der Waals surface area contributed by atoms with Crippen LogP contribution < -0.4 is 10.1 Å². The highest BCUT2D eigenvalue weighted by Gasteiger charge is 2.17. The lowest BCUT2D eigenvalue weighted by Gasteiger charge is -2.07. The highest BCUT2D eigenvalue weighted by Crippen LogP contribution is 2.27. The molecule has 0 aromatic heterocycles. The molecular formula is C13H16N2O6. The average Bonchev–Trinajstić information content (AvgIpc) is 2.46. The van der Waals surface area contributed by atoms with Crippen molar-refractivity contribution in [2.45, 2.75) is 13.3 Å². The van der Waals surface area contributed by atoms with Gasteiger partial charge in [-0.05, 0) is 13.0 Å². The van der Waals surface area contributed by atoms with Crippen LogP contribution in [0.15, 0.2) is 18.2 Å². The molecule has 0 radical (unpaired) electrons. The summed E-state index contributed by atoms with van der Waals surface area (Å²) in [6.45, 7) is 2.10. The van der Waals surface area contributed by atoms with Crippen LogP contribution >= 0.6 is 0 Å². The van der Waals surface area contributed by atoms with Gasteiger partial charge in [0.15, 0.2) is 5.75 Å². The number of rotatable bonds is 7. The van der Waals surface area contributed by atoms with E-state index >= 15 is 0 Å². The van der Waals surface area contributed by atoms with Gasteiger partial charge in [-0.3, -0.25) is 19.7 Å². The van der Waals surface area contributed by atoms with Gasteiger partial charge in [0.2, 0.25) is 0 Å². The number of carbonyl (C=O) groups excluding carboxylic acids is 2. The summed E-state index contributed by atoms with van der Waals surface area (Å²) in [5.41, 5.74) is -0.0121. The Bertz CT molecular complexity index is 543. The van der Waals surface area contributed by atoms with E-state index in [-0.39, 0.29) is 36.6 Å². The van der Waals surface area contributed by atoms with Gasteiger partial charge in [-0.15, -0.1) is 0 Å². The zero-order chi connectivity index (χ0) is 15.8. The van der Waals surface area contributed by atoms with Crippen molar-refractivity contribution < 1.29 is 24.0 Å². The molecule has 8 heteroatoms.